The molecule has 1 N–H and O–H groups in total. The van der Waals surface area contributed by atoms with Crippen LogP contribution in [0.2, 0.25) is 0 Å². The van der Waals surface area contributed by atoms with Crippen LogP contribution in [0.15, 0.2) is 36.9 Å². The normalized spacial score (nSPS) is 13.4. The Morgan fingerprint density at radius 1 is 1.28 bits per heavy atom. The molecule has 1 aliphatic rings. The van der Waals surface area contributed by atoms with E-state index in [1.54, 1.807) is 17.3 Å². The smallest absolute Gasteiger partial charge is 0.139 e. The van der Waals surface area contributed by atoms with Gasteiger partial charge in [-0.2, -0.15) is 5.26 Å². The van der Waals surface area contributed by atoms with E-state index in [-0.39, 0.29) is 0 Å². The predicted molar refractivity (Wildman–Crippen MR) is 67.4 cm³/mol. The van der Waals surface area contributed by atoms with Crippen LogP contribution in [0, 0.1) is 11.3 Å². The average Bonchev–Trinajstić information content (AvgIpc) is 2.80. The van der Waals surface area contributed by atoms with E-state index in [9.17, 15) is 0 Å². The highest BCUT2D eigenvalue weighted by molar-refractivity contribution is 5.76. The summed E-state index contributed by atoms with van der Waals surface area (Å²) in [6.07, 6.45) is 7.48. The number of benzene rings is 1. The van der Waals surface area contributed by atoms with Crippen molar-refractivity contribution in [3.8, 4) is 6.07 Å². The molecule has 0 amide bonds. The van der Waals surface area contributed by atoms with Gasteiger partial charge in [0.1, 0.15) is 12.7 Å². The number of hydrogen-bond donors (Lipinski definition) is 1. The van der Waals surface area contributed by atoms with Crippen LogP contribution in [-0.4, -0.2) is 14.9 Å². The molecule has 0 spiro atoms. The topological polar surface area (TPSA) is 66.5 Å². The van der Waals surface area contributed by atoms with Gasteiger partial charge in [0.25, 0.3) is 0 Å². The molecule has 0 saturated carbocycles. The van der Waals surface area contributed by atoms with E-state index in [2.05, 4.69) is 27.8 Å². The molecule has 1 aliphatic carbocycles. The Bertz CT molecular complexity index is 634. The Balaban J connectivity index is 1.95. The van der Waals surface area contributed by atoms with Gasteiger partial charge < -0.3 is 0 Å². The van der Waals surface area contributed by atoms with E-state index in [0.717, 1.165) is 29.7 Å². The largest absolute Gasteiger partial charge is 0.292 e. The third-order valence-electron chi connectivity index (χ3n) is 2.97. The summed E-state index contributed by atoms with van der Waals surface area (Å²) in [5, 5.41) is 16.6. The van der Waals surface area contributed by atoms with Gasteiger partial charge in [-0.15, -0.1) is 10.2 Å². The summed E-state index contributed by atoms with van der Waals surface area (Å²) in [6, 6.07) is 7.93. The molecule has 0 radical (unpaired) electrons. The summed E-state index contributed by atoms with van der Waals surface area (Å²) >= 11 is 0. The quantitative estimate of drug-likeness (QED) is 0.888. The molecule has 1 aromatic carbocycles. The van der Waals surface area contributed by atoms with Crippen LogP contribution in [0.4, 0.5) is 5.69 Å². The number of nitrogens with one attached hydrogen (secondary N) is 1. The van der Waals surface area contributed by atoms with Crippen LogP contribution >= 0.6 is 0 Å². The maximum absolute atomic E-state index is 9.11. The van der Waals surface area contributed by atoms with Crippen molar-refractivity contribution in [2.24, 2.45) is 0 Å². The van der Waals surface area contributed by atoms with Gasteiger partial charge in [0, 0.05) is 0 Å². The number of aromatic nitrogens is 3. The zero-order valence-electron chi connectivity index (χ0n) is 9.67. The van der Waals surface area contributed by atoms with Crippen molar-refractivity contribution in [3.05, 3.63) is 48.1 Å². The van der Waals surface area contributed by atoms with E-state index in [0.29, 0.717) is 0 Å². The molecule has 0 aliphatic heterocycles. The highest BCUT2D eigenvalue weighted by Gasteiger charge is 2.13. The summed E-state index contributed by atoms with van der Waals surface area (Å²) in [5.41, 5.74) is 7.03. The lowest BCUT2D eigenvalue weighted by Crippen LogP contribution is -2.07. The number of nitrogens with zero attached hydrogens (tertiary/aromatic N) is 4. The van der Waals surface area contributed by atoms with Crippen LogP contribution in [-0.2, 0) is 0 Å². The number of rotatable bonds is 3. The molecule has 1 heterocycles. The van der Waals surface area contributed by atoms with Gasteiger partial charge in [-0.3, -0.25) is 5.43 Å². The molecule has 0 atom stereocenters. The fourth-order valence-electron chi connectivity index (χ4n) is 1.92. The highest BCUT2D eigenvalue weighted by Crippen LogP contribution is 2.32. The molecule has 0 unspecified atom stereocenters. The van der Waals surface area contributed by atoms with Gasteiger partial charge in [-0.25, -0.2) is 4.68 Å². The molecule has 88 valence electrons. The van der Waals surface area contributed by atoms with Crippen LogP contribution in [0.5, 0.6) is 0 Å². The molecule has 3 rings (SSSR count). The number of hydrogen-bond acceptors (Lipinski definition) is 4. The van der Waals surface area contributed by atoms with E-state index < -0.39 is 0 Å². The lowest BCUT2D eigenvalue weighted by Gasteiger charge is -2.17. The molecule has 2 aromatic rings. The summed E-state index contributed by atoms with van der Waals surface area (Å²) in [5.74, 6) is 0. The minimum atomic E-state index is 0.718. The van der Waals surface area contributed by atoms with Crippen molar-refractivity contribution < 1.29 is 0 Å². The van der Waals surface area contributed by atoms with Crippen molar-refractivity contribution in [1.29, 1.82) is 5.26 Å². The Kier molecular flexibility index (Phi) is 2.54. The summed E-state index contributed by atoms with van der Waals surface area (Å²) < 4.78 is 1.67. The Labute approximate surface area is 104 Å². The second-order valence-electron chi connectivity index (χ2n) is 4.12. The van der Waals surface area contributed by atoms with Crippen molar-refractivity contribution in [1.82, 2.24) is 14.9 Å². The monoisotopic (exact) mass is 237 g/mol. The molecule has 18 heavy (non-hydrogen) atoms. The molecule has 0 fully saturated rings. The second-order valence-corrected chi connectivity index (χ2v) is 4.12. The Hall–Kier alpha value is -2.61. The van der Waals surface area contributed by atoms with E-state index in [4.69, 9.17) is 5.26 Å². The lowest BCUT2D eigenvalue weighted by molar-refractivity contribution is 0.949. The maximum Gasteiger partial charge on any atom is 0.139 e. The molecule has 5 heteroatoms. The first-order valence-corrected chi connectivity index (χ1v) is 5.72. The zero-order valence-corrected chi connectivity index (χ0v) is 9.67. The van der Waals surface area contributed by atoms with Crippen molar-refractivity contribution >= 4 is 11.3 Å². The second kappa shape index (κ2) is 4.34. The average molecular weight is 237 g/mol. The molecule has 1 aromatic heterocycles. The van der Waals surface area contributed by atoms with Gasteiger partial charge in [-0.05, 0) is 42.2 Å². The molecule has 0 saturated heterocycles. The Morgan fingerprint density at radius 3 is 2.67 bits per heavy atom. The first-order chi connectivity index (χ1) is 8.86. The standard InChI is InChI=1S/C13H11N5/c14-7-11-4-5-12(17-18-8-15-16-9-18)6-13(11)10-2-1-3-10/h2,4-6,8-9,17H,1,3H2. The first-order valence-electron chi connectivity index (χ1n) is 5.72. The van der Waals surface area contributed by atoms with Crippen LogP contribution < -0.4 is 5.43 Å². The van der Waals surface area contributed by atoms with Gasteiger partial charge in [0.2, 0.25) is 0 Å². The van der Waals surface area contributed by atoms with Gasteiger partial charge in [0.05, 0.1) is 17.3 Å². The predicted octanol–water partition coefficient (Wildman–Crippen LogP) is 2.20. The number of anilines is 1. The third-order valence-corrected chi connectivity index (χ3v) is 2.97. The fourth-order valence-corrected chi connectivity index (χ4v) is 1.92. The zero-order chi connectivity index (χ0) is 12.4. The van der Waals surface area contributed by atoms with E-state index >= 15 is 0 Å². The van der Waals surface area contributed by atoms with Crippen molar-refractivity contribution in [2.75, 3.05) is 5.43 Å². The Morgan fingerprint density at radius 2 is 2.06 bits per heavy atom. The first kappa shape index (κ1) is 10.5. The highest BCUT2D eigenvalue weighted by atomic mass is 15.5. The van der Waals surface area contributed by atoms with E-state index in [1.807, 2.05) is 18.2 Å². The van der Waals surface area contributed by atoms with Crippen LogP contribution in [0.25, 0.3) is 5.57 Å². The van der Waals surface area contributed by atoms with Crippen LogP contribution in [0.3, 0.4) is 0 Å². The molecular formula is C13H11N5. The van der Waals surface area contributed by atoms with Gasteiger partial charge in [0.15, 0.2) is 0 Å². The summed E-state index contributed by atoms with van der Waals surface area (Å²) in [6.45, 7) is 0. The SMILES string of the molecule is N#Cc1ccc(Nn2cnnc2)cc1C1=CCC1. The minimum Gasteiger partial charge on any atom is -0.292 e. The van der Waals surface area contributed by atoms with Crippen molar-refractivity contribution in [3.63, 3.8) is 0 Å². The van der Waals surface area contributed by atoms with Crippen LogP contribution in [0.1, 0.15) is 24.0 Å². The van der Waals surface area contributed by atoms with E-state index in [1.165, 1.54) is 5.57 Å². The lowest BCUT2D eigenvalue weighted by atomic mass is 9.89. The fraction of sp³-hybridized carbons (Fsp3) is 0.154. The maximum atomic E-state index is 9.11. The summed E-state index contributed by atoms with van der Waals surface area (Å²) in [7, 11) is 0. The van der Waals surface area contributed by atoms with Crippen molar-refractivity contribution in [2.45, 2.75) is 12.8 Å². The molecule has 5 nitrogen and oxygen atoms in total. The number of allylic oxidation sites excluding steroid dienone is 2. The van der Waals surface area contributed by atoms with Gasteiger partial charge in [-0.1, -0.05) is 6.08 Å². The van der Waals surface area contributed by atoms with Gasteiger partial charge >= 0.3 is 0 Å². The molecular weight excluding hydrogens is 226 g/mol. The number of nitriles is 1. The minimum absolute atomic E-state index is 0.718. The third kappa shape index (κ3) is 1.84. The molecule has 0 bridgehead atoms. The summed E-state index contributed by atoms with van der Waals surface area (Å²) in [4.78, 5) is 0.